The summed E-state index contributed by atoms with van der Waals surface area (Å²) < 4.78 is 31.8. The van der Waals surface area contributed by atoms with Crippen molar-refractivity contribution in [1.82, 2.24) is 9.88 Å². The van der Waals surface area contributed by atoms with Crippen molar-refractivity contribution in [1.29, 1.82) is 0 Å². The summed E-state index contributed by atoms with van der Waals surface area (Å²) in [5, 5.41) is 6.18. The molecule has 1 aromatic carbocycles. The van der Waals surface area contributed by atoms with Gasteiger partial charge in [-0.05, 0) is 63.8 Å². The summed E-state index contributed by atoms with van der Waals surface area (Å²) in [6, 6.07) is 9.10. The second-order valence-corrected chi connectivity index (χ2v) is 9.47. The number of hydrogen-bond acceptors (Lipinski definition) is 5. The maximum Gasteiger partial charge on any atom is 0.227 e. The number of carbonyl (C=O) groups is 1. The van der Waals surface area contributed by atoms with Gasteiger partial charge in [0.1, 0.15) is 0 Å². The monoisotopic (exact) mass is 391 g/mol. The van der Waals surface area contributed by atoms with Crippen LogP contribution in [0.1, 0.15) is 39.5 Å². The largest absolute Gasteiger partial charge is 0.356 e. The molecule has 2 aromatic rings. The Hall–Kier alpha value is -2.19. The lowest BCUT2D eigenvalue weighted by Gasteiger charge is -2.28. The van der Waals surface area contributed by atoms with E-state index >= 15 is 0 Å². The van der Waals surface area contributed by atoms with Crippen molar-refractivity contribution in [3.63, 3.8) is 0 Å². The van der Waals surface area contributed by atoms with E-state index in [4.69, 9.17) is 4.52 Å². The van der Waals surface area contributed by atoms with E-state index in [2.05, 4.69) is 15.2 Å². The predicted molar refractivity (Wildman–Crippen MR) is 104 cm³/mol. The fraction of sp³-hybridized carbons (Fsp3) is 0.474. The molecule has 1 amide bonds. The van der Waals surface area contributed by atoms with E-state index in [0.29, 0.717) is 31.4 Å². The average Bonchev–Trinajstić information content (AvgIpc) is 3.17. The van der Waals surface area contributed by atoms with Gasteiger partial charge in [-0.3, -0.25) is 4.79 Å². The minimum absolute atomic E-state index is 0.0208. The molecule has 0 saturated heterocycles. The second kappa shape index (κ2) is 8.22. The molecule has 7 nitrogen and oxygen atoms in total. The van der Waals surface area contributed by atoms with Crippen LogP contribution in [0.25, 0.3) is 11.3 Å². The molecule has 1 aliphatic rings. The maximum atomic E-state index is 12.5. The summed E-state index contributed by atoms with van der Waals surface area (Å²) in [6.45, 7) is 3.32. The summed E-state index contributed by atoms with van der Waals surface area (Å²) in [5.41, 5.74) is 1.62. The van der Waals surface area contributed by atoms with Crippen molar-refractivity contribution in [2.75, 3.05) is 5.32 Å². The van der Waals surface area contributed by atoms with E-state index in [-0.39, 0.29) is 17.9 Å². The van der Waals surface area contributed by atoms with Gasteiger partial charge < -0.3 is 9.84 Å². The first-order valence-electron chi connectivity index (χ1n) is 9.18. The first-order chi connectivity index (χ1) is 12.8. The lowest BCUT2D eigenvalue weighted by atomic mass is 9.86. The van der Waals surface area contributed by atoms with Gasteiger partial charge >= 0.3 is 0 Å². The standard InChI is InChI=1S/C19H25N3O4S/c1-13(2)27(24,25)22-17-9-5-15(6-10-17)19(23)21-16-7-3-14(4-8-16)18-11-12-20-26-18/h3-4,7-8,11-13,15,17,22H,5-6,9-10H2,1-2H3,(H,21,23)/t15-,17-. The molecule has 0 aliphatic heterocycles. The van der Waals surface area contributed by atoms with E-state index in [1.54, 1.807) is 26.1 Å². The van der Waals surface area contributed by atoms with Gasteiger partial charge in [0.05, 0.1) is 11.4 Å². The Morgan fingerprint density at radius 1 is 1.11 bits per heavy atom. The lowest BCUT2D eigenvalue weighted by Crippen LogP contribution is -2.42. The quantitative estimate of drug-likeness (QED) is 0.788. The normalized spacial score (nSPS) is 20.6. The van der Waals surface area contributed by atoms with Gasteiger partial charge in [-0.25, -0.2) is 13.1 Å². The molecule has 0 radical (unpaired) electrons. The molecular formula is C19H25N3O4S. The molecule has 146 valence electrons. The zero-order chi connectivity index (χ0) is 19.4. The van der Waals surface area contributed by atoms with Crippen LogP contribution in [0, 0.1) is 5.92 Å². The number of amides is 1. The van der Waals surface area contributed by atoms with Crippen LogP contribution in [-0.4, -0.2) is 30.8 Å². The summed E-state index contributed by atoms with van der Waals surface area (Å²) in [7, 11) is -3.27. The van der Waals surface area contributed by atoms with Gasteiger partial charge in [-0.2, -0.15) is 0 Å². The van der Waals surface area contributed by atoms with E-state index in [0.717, 1.165) is 11.3 Å². The zero-order valence-corrected chi connectivity index (χ0v) is 16.3. The molecule has 1 saturated carbocycles. The van der Waals surface area contributed by atoms with Crippen molar-refractivity contribution in [2.45, 2.75) is 50.8 Å². The van der Waals surface area contributed by atoms with Crippen molar-refractivity contribution in [3.8, 4) is 11.3 Å². The Morgan fingerprint density at radius 3 is 2.33 bits per heavy atom. The third kappa shape index (κ3) is 4.95. The summed E-state index contributed by atoms with van der Waals surface area (Å²) in [4.78, 5) is 12.5. The van der Waals surface area contributed by atoms with Gasteiger partial charge in [-0.15, -0.1) is 0 Å². The number of rotatable bonds is 6. The molecule has 0 bridgehead atoms. The van der Waals surface area contributed by atoms with E-state index in [1.165, 1.54) is 0 Å². The average molecular weight is 391 g/mol. The number of sulfonamides is 1. The van der Waals surface area contributed by atoms with Crippen LogP contribution in [0.15, 0.2) is 41.1 Å². The van der Waals surface area contributed by atoms with E-state index in [1.807, 2.05) is 24.3 Å². The third-order valence-corrected chi connectivity index (χ3v) is 6.83. The maximum absolute atomic E-state index is 12.5. The molecule has 0 spiro atoms. The number of nitrogens with zero attached hydrogens (tertiary/aromatic N) is 1. The predicted octanol–water partition coefficient (Wildman–Crippen LogP) is 3.17. The highest BCUT2D eigenvalue weighted by molar-refractivity contribution is 7.90. The molecule has 1 heterocycles. The third-order valence-electron chi connectivity index (χ3n) is 4.92. The molecule has 8 heteroatoms. The van der Waals surface area contributed by atoms with Crippen LogP contribution in [0.4, 0.5) is 5.69 Å². The fourth-order valence-electron chi connectivity index (χ4n) is 3.17. The van der Waals surface area contributed by atoms with Gasteiger partial charge in [0, 0.05) is 29.3 Å². The van der Waals surface area contributed by atoms with Gasteiger partial charge in [-0.1, -0.05) is 5.16 Å². The van der Waals surface area contributed by atoms with E-state index < -0.39 is 15.3 Å². The highest BCUT2D eigenvalue weighted by Crippen LogP contribution is 2.27. The molecule has 0 atom stereocenters. The van der Waals surface area contributed by atoms with Crippen molar-refractivity contribution in [3.05, 3.63) is 36.5 Å². The molecule has 0 unspecified atom stereocenters. The number of carbonyl (C=O) groups excluding carboxylic acids is 1. The minimum atomic E-state index is -3.27. The van der Waals surface area contributed by atoms with Crippen LogP contribution >= 0.6 is 0 Å². The Morgan fingerprint density at radius 2 is 1.78 bits per heavy atom. The Labute approximate surface area is 159 Å². The first kappa shape index (κ1) is 19.6. The van der Waals surface area contributed by atoms with Gasteiger partial charge in [0.25, 0.3) is 0 Å². The molecule has 2 N–H and O–H groups in total. The Balaban J connectivity index is 1.51. The summed E-state index contributed by atoms with van der Waals surface area (Å²) in [6.07, 6.45) is 4.28. The van der Waals surface area contributed by atoms with Crippen LogP contribution in [0.5, 0.6) is 0 Å². The highest BCUT2D eigenvalue weighted by Gasteiger charge is 2.29. The number of aromatic nitrogens is 1. The number of hydrogen-bond donors (Lipinski definition) is 2. The van der Waals surface area contributed by atoms with Crippen LogP contribution in [0.2, 0.25) is 0 Å². The molecule has 3 rings (SSSR count). The first-order valence-corrected chi connectivity index (χ1v) is 10.7. The van der Waals surface area contributed by atoms with E-state index in [9.17, 15) is 13.2 Å². The van der Waals surface area contributed by atoms with Crippen LogP contribution < -0.4 is 10.0 Å². The zero-order valence-electron chi connectivity index (χ0n) is 15.5. The molecular weight excluding hydrogens is 366 g/mol. The summed E-state index contributed by atoms with van der Waals surface area (Å²) >= 11 is 0. The van der Waals surface area contributed by atoms with Crippen molar-refractivity contribution in [2.24, 2.45) is 5.92 Å². The molecule has 1 fully saturated rings. The molecule has 27 heavy (non-hydrogen) atoms. The van der Waals surface area contributed by atoms with Crippen LogP contribution in [-0.2, 0) is 14.8 Å². The lowest BCUT2D eigenvalue weighted by molar-refractivity contribution is -0.120. The van der Waals surface area contributed by atoms with Gasteiger partial charge in [0.2, 0.25) is 15.9 Å². The fourth-order valence-corrected chi connectivity index (χ4v) is 4.14. The summed E-state index contributed by atoms with van der Waals surface area (Å²) in [5.74, 6) is 0.557. The number of anilines is 1. The van der Waals surface area contributed by atoms with Gasteiger partial charge in [0.15, 0.2) is 5.76 Å². The van der Waals surface area contributed by atoms with Crippen LogP contribution in [0.3, 0.4) is 0 Å². The Kier molecular flexibility index (Phi) is 5.96. The minimum Gasteiger partial charge on any atom is -0.356 e. The smallest absolute Gasteiger partial charge is 0.227 e. The molecule has 1 aromatic heterocycles. The topological polar surface area (TPSA) is 101 Å². The number of nitrogens with one attached hydrogen (secondary N) is 2. The highest BCUT2D eigenvalue weighted by atomic mass is 32.2. The second-order valence-electron chi connectivity index (χ2n) is 7.20. The van der Waals surface area contributed by atoms with Crippen molar-refractivity contribution >= 4 is 21.6 Å². The Bertz CT molecular complexity index is 853. The number of benzene rings is 1. The van der Waals surface area contributed by atoms with Crippen molar-refractivity contribution < 1.29 is 17.7 Å². The molecule has 1 aliphatic carbocycles. The SMILES string of the molecule is CC(C)S(=O)(=O)N[C@H]1CC[C@H](C(=O)Nc2ccc(-c3ccno3)cc2)CC1.